The normalized spacial score (nSPS) is 13.3. The van der Waals surface area contributed by atoms with Crippen LogP contribution >= 0.6 is 0 Å². The molecule has 1 aromatic rings. The molecule has 1 rings (SSSR count). The fraction of sp³-hybridized carbons (Fsp3) is 0.364. The molecule has 106 valence electrons. The van der Waals surface area contributed by atoms with Crippen LogP contribution in [0.3, 0.4) is 0 Å². The summed E-state index contributed by atoms with van der Waals surface area (Å²) < 4.78 is 39.5. The van der Waals surface area contributed by atoms with Gasteiger partial charge in [-0.2, -0.15) is 0 Å². The Morgan fingerprint density at radius 1 is 1.47 bits per heavy atom. The van der Waals surface area contributed by atoms with Crippen LogP contribution in [0.2, 0.25) is 0 Å². The summed E-state index contributed by atoms with van der Waals surface area (Å²) in [4.78, 5) is 10.5. The maximum absolute atomic E-state index is 13.5. The van der Waals surface area contributed by atoms with Crippen molar-refractivity contribution in [3.8, 4) is 0 Å². The number of aryl methyl sites for hydroxylation is 1. The zero-order chi connectivity index (χ0) is 14.8. The Hall–Kier alpha value is -1.51. The van der Waals surface area contributed by atoms with E-state index in [9.17, 15) is 17.6 Å². The third-order valence-corrected chi connectivity index (χ3v) is 3.97. The molecule has 1 atom stereocenters. The summed E-state index contributed by atoms with van der Waals surface area (Å²) in [6, 6.07) is 1.05. The second kappa shape index (κ2) is 5.64. The van der Waals surface area contributed by atoms with Crippen molar-refractivity contribution in [3.63, 3.8) is 0 Å². The predicted molar refractivity (Wildman–Crippen MR) is 65.0 cm³/mol. The number of carboxylic acid groups (broad SMARTS) is 1. The average Bonchev–Trinajstić information content (AvgIpc) is 2.31. The molecule has 0 saturated heterocycles. The monoisotopic (exact) mass is 291 g/mol. The molecule has 0 aliphatic rings. The molecule has 3 N–H and O–H groups in total. The van der Waals surface area contributed by atoms with Gasteiger partial charge >= 0.3 is 5.97 Å². The summed E-state index contributed by atoms with van der Waals surface area (Å²) in [5.74, 6) is -2.52. The summed E-state index contributed by atoms with van der Waals surface area (Å²) in [5, 5.41) is 17.6. The molecule has 0 aliphatic carbocycles. The number of aromatic carboxylic acids is 1. The fourth-order valence-corrected chi connectivity index (χ4v) is 2.76. The molecule has 0 aliphatic heterocycles. The van der Waals surface area contributed by atoms with Gasteiger partial charge in [-0.25, -0.2) is 22.3 Å². The van der Waals surface area contributed by atoms with Gasteiger partial charge in [-0.15, -0.1) is 0 Å². The lowest BCUT2D eigenvalue weighted by Crippen LogP contribution is -2.35. The molecular weight excluding hydrogens is 277 g/mol. The van der Waals surface area contributed by atoms with Crippen molar-refractivity contribution in [1.82, 2.24) is 4.72 Å². The summed E-state index contributed by atoms with van der Waals surface area (Å²) in [7, 11) is -4.01. The first kappa shape index (κ1) is 15.5. The van der Waals surface area contributed by atoms with Gasteiger partial charge in [0.1, 0.15) is 5.82 Å². The van der Waals surface area contributed by atoms with Crippen LogP contribution in [0.1, 0.15) is 22.8 Å². The van der Waals surface area contributed by atoms with Crippen molar-refractivity contribution < 1.29 is 27.8 Å². The second-order valence-corrected chi connectivity index (χ2v) is 5.83. The summed E-state index contributed by atoms with van der Waals surface area (Å²) in [5.41, 5.74) is -0.797. The smallest absolute Gasteiger partial charge is 0.338 e. The van der Waals surface area contributed by atoms with Crippen LogP contribution in [0.15, 0.2) is 17.0 Å². The number of hydrogen-bond acceptors (Lipinski definition) is 4. The van der Waals surface area contributed by atoms with Crippen LogP contribution in [0, 0.1) is 12.7 Å². The number of carboxylic acids is 1. The van der Waals surface area contributed by atoms with Gasteiger partial charge in [-0.3, -0.25) is 0 Å². The van der Waals surface area contributed by atoms with Gasteiger partial charge < -0.3 is 10.2 Å². The number of hydrogen-bond donors (Lipinski definition) is 3. The Labute approximate surface area is 109 Å². The molecule has 0 aromatic heterocycles. The second-order valence-electron chi connectivity index (χ2n) is 4.11. The zero-order valence-electron chi connectivity index (χ0n) is 10.3. The highest BCUT2D eigenvalue weighted by Crippen LogP contribution is 2.19. The molecule has 0 bridgehead atoms. The first-order valence-corrected chi connectivity index (χ1v) is 6.84. The topological polar surface area (TPSA) is 104 Å². The lowest BCUT2D eigenvalue weighted by Gasteiger charge is -2.13. The SMILES string of the molecule is Cc1cc(S(=O)(=O)N[C@H](C)CO)cc(C(=O)O)c1F. The molecule has 6 nitrogen and oxygen atoms in total. The quantitative estimate of drug-likeness (QED) is 0.732. The molecule has 0 unspecified atom stereocenters. The number of nitrogens with one attached hydrogen (secondary N) is 1. The van der Waals surface area contributed by atoms with Crippen LogP contribution in [0.5, 0.6) is 0 Å². The van der Waals surface area contributed by atoms with E-state index in [4.69, 9.17) is 10.2 Å². The van der Waals surface area contributed by atoms with Crippen LogP contribution in [0.4, 0.5) is 4.39 Å². The largest absolute Gasteiger partial charge is 0.478 e. The molecule has 0 radical (unpaired) electrons. The number of aliphatic hydroxyl groups is 1. The zero-order valence-corrected chi connectivity index (χ0v) is 11.2. The molecule has 0 heterocycles. The van der Waals surface area contributed by atoms with Crippen LogP contribution in [0.25, 0.3) is 0 Å². The van der Waals surface area contributed by atoms with Crippen molar-refractivity contribution in [2.24, 2.45) is 0 Å². The van der Waals surface area contributed by atoms with Gasteiger partial charge in [0.05, 0.1) is 17.1 Å². The first-order valence-electron chi connectivity index (χ1n) is 5.35. The minimum absolute atomic E-state index is 0.0862. The van der Waals surface area contributed by atoms with Crippen molar-refractivity contribution in [2.45, 2.75) is 24.8 Å². The van der Waals surface area contributed by atoms with Crippen LogP contribution < -0.4 is 4.72 Å². The Morgan fingerprint density at radius 2 is 2.05 bits per heavy atom. The van der Waals surface area contributed by atoms with Gasteiger partial charge in [-0.05, 0) is 31.5 Å². The maximum atomic E-state index is 13.5. The van der Waals surface area contributed by atoms with E-state index in [1.807, 2.05) is 0 Å². The molecule has 0 amide bonds. The van der Waals surface area contributed by atoms with E-state index in [-0.39, 0.29) is 10.5 Å². The van der Waals surface area contributed by atoms with Crippen molar-refractivity contribution in [2.75, 3.05) is 6.61 Å². The van der Waals surface area contributed by atoms with E-state index in [1.165, 1.54) is 13.8 Å². The van der Waals surface area contributed by atoms with Crippen molar-refractivity contribution in [3.05, 3.63) is 29.1 Å². The Morgan fingerprint density at radius 3 is 2.53 bits per heavy atom. The Bertz CT molecular complexity index is 599. The van der Waals surface area contributed by atoms with E-state index in [0.717, 1.165) is 12.1 Å². The van der Waals surface area contributed by atoms with E-state index < -0.39 is 40.0 Å². The van der Waals surface area contributed by atoms with Gasteiger partial charge in [0, 0.05) is 6.04 Å². The summed E-state index contributed by atoms with van der Waals surface area (Å²) >= 11 is 0. The van der Waals surface area contributed by atoms with E-state index >= 15 is 0 Å². The summed E-state index contributed by atoms with van der Waals surface area (Å²) in [6.07, 6.45) is 0. The van der Waals surface area contributed by atoms with Crippen molar-refractivity contribution >= 4 is 16.0 Å². The predicted octanol–water partition coefficient (Wildman–Crippen LogP) is 0.491. The lowest BCUT2D eigenvalue weighted by molar-refractivity contribution is 0.0691. The highest BCUT2D eigenvalue weighted by Gasteiger charge is 2.22. The summed E-state index contributed by atoms with van der Waals surface area (Å²) in [6.45, 7) is 2.30. The number of benzene rings is 1. The minimum atomic E-state index is -4.01. The van der Waals surface area contributed by atoms with Crippen LogP contribution in [-0.4, -0.2) is 37.2 Å². The van der Waals surface area contributed by atoms with Gasteiger partial charge in [-0.1, -0.05) is 0 Å². The minimum Gasteiger partial charge on any atom is -0.478 e. The molecule has 1 aromatic carbocycles. The highest BCUT2D eigenvalue weighted by atomic mass is 32.2. The van der Waals surface area contributed by atoms with Gasteiger partial charge in [0.25, 0.3) is 0 Å². The van der Waals surface area contributed by atoms with E-state index in [2.05, 4.69) is 4.72 Å². The Kier molecular flexibility index (Phi) is 4.61. The van der Waals surface area contributed by atoms with Gasteiger partial charge in [0.15, 0.2) is 0 Å². The van der Waals surface area contributed by atoms with E-state index in [1.54, 1.807) is 0 Å². The number of carbonyl (C=O) groups is 1. The maximum Gasteiger partial charge on any atom is 0.338 e. The fourth-order valence-electron chi connectivity index (χ4n) is 1.42. The third kappa shape index (κ3) is 3.49. The lowest BCUT2D eigenvalue weighted by atomic mass is 10.1. The molecular formula is C11H14FNO5S. The Balaban J connectivity index is 3.32. The number of sulfonamides is 1. The first-order chi connectivity index (χ1) is 8.69. The highest BCUT2D eigenvalue weighted by molar-refractivity contribution is 7.89. The molecule has 0 spiro atoms. The number of aliphatic hydroxyl groups excluding tert-OH is 1. The average molecular weight is 291 g/mol. The van der Waals surface area contributed by atoms with E-state index in [0.29, 0.717) is 0 Å². The van der Waals surface area contributed by atoms with Crippen molar-refractivity contribution in [1.29, 1.82) is 0 Å². The molecule has 0 fully saturated rings. The van der Waals surface area contributed by atoms with Gasteiger partial charge in [0.2, 0.25) is 10.0 Å². The van der Waals surface area contributed by atoms with Crippen LogP contribution in [-0.2, 0) is 10.0 Å². The molecule has 19 heavy (non-hydrogen) atoms. The molecule has 0 saturated carbocycles. The molecule has 8 heteroatoms. The number of rotatable bonds is 5. The number of halogens is 1. The third-order valence-electron chi connectivity index (χ3n) is 2.40. The standard InChI is InChI=1S/C11H14FNO5S/c1-6-3-8(4-9(10(6)12)11(15)16)19(17,18)13-7(2)5-14/h3-4,7,13-14H,5H2,1-2H3,(H,15,16)/t7-/m1/s1.